The van der Waals surface area contributed by atoms with E-state index in [1.54, 1.807) is 18.4 Å². The van der Waals surface area contributed by atoms with E-state index in [1.807, 2.05) is 6.08 Å². The molecule has 6 rings (SSSR count). The summed E-state index contributed by atoms with van der Waals surface area (Å²) in [6, 6.07) is -1.83. The number of amidine groups is 1. The number of alkyl halides is 3. The highest BCUT2D eigenvalue weighted by atomic mass is 19.4. The average Bonchev–Trinajstić information content (AvgIpc) is 3.46. The Balaban J connectivity index is 1.24. The van der Waals surface area contributed by atoms with E-state index in [0.29, 0.717) is 34.9 Å². The summed E-state index contributed by atoms with van der Waals surface area (Å²) < 4.78 is 83.1. The van der Waals surface area contributed by atoms with Crippen LogP contribution in [0.2, 0.25) is 0 Å². The Hall–Kier alpha value is -4.23. The average molecular weight is 606 g/mol. The third-order valence-electron chi connectivity index (χ3n) is 8.85. The van der Waals surface area contributed by atoms with Gasteiger partial charge < -0.3 is 15.5 Å². The minimum atomic E-state index is -4.83. The van der Waals surface area contributed by atoms with Crippen LogP contribution < -0.4 is 10.6 Å². The van der Waals surface area contributed by atoms with Crippen LogP contribution in [-0.2, 0) is 14.4 Å². The first-order chi connectivity index (χ1) is 20.3. The minimum Gasteiger partial charge on any atom is -0.384 e. The van der Waals surface area contributed by atoms with Gasteiger partial charge in [-0.15, -0.1) is 0 Å². The number of hydrogen-bond acceptors (Lipinski definition) is 5. The van der Waals surface area contributed by atoms with Gasteiger partial charge in [0, 0.05) is 48.5 Å². The Morgan fingerprint density at radius 2 is 1.95 bits per heavy atom. The minimum absolute atomic E-state index is 0.0120. The van der Waals surface area contributed by atoms with E-state index in [2.05, 4.69) is 20.6 Å². The monoisotopic (exact) mass is 605 g/mol. The normalized spacial score (nSPS) is 29.9. The Kier molecular flexibility index (Phi) is 6.85. The van der Waals surface area contributed by atoms with Gasteiger partial charge in [-0.25, -0.2) is 18.2 Å². The molecule has 1 saturated heterocycles. The van der Waals surface area contributed by atoms with Crippen LogP contribution in [0, 0.1) is 28.8 Å². The number of aliphatic imine (C=N–C) groups is 2. The summed E-state index contributed by atoms with van der Waals surface area (Å²) in [5, 5.41) is 5.60. The van der Waals surface area contributed by atoms with E-state index in [9.17, 15) is 40.7 Å². The van der Waals surface area contributed by atoms with Gasteiger partial charge in [-0.05, 0) is 49.1 Å². The highest BCUT2D eigenvalue weighted by Gasteiger charge is 2.56. The summed E-state index contributed by atoms with van der Waals surface area (Å²) in [7, 11) is 0. The van der Waals surface area contributed by atoms with Gasteiger partial charge in [0.25, 0.3) is 5.91 Å². The Morgan fingerprint density at radius 3 is 2.70 bits per heavy atom. The van der Waals surface area contributed by atoms with Gasteiger partial charge in [0.2, 0.25) is 11.8 Å². The number of carbonyl (C=O) groups is 3. The second-order valence-electron chi connectivity index (χ2n) is 11.4. The van der Waals surface area contributed by atoms with E-state index in [4.69, 9.17) is 0 Å². The summed E-state index contributed by atoms with van der Waals surface area (Å²) in [5.74, 6) is -7.38. The molecule has 43 heavy (non-hydrogen) atoms. The summed E-state index contributed by atoms with van der Waals surface area (Å²) in [4.78, 5) is 48.3. The number of nitrogens with zero attached hydrogens (tertiary/aromatic N) is 3. The quantitative estimate of drug-likeness (QED) is 0.405. The lowest BCUT2D eigenvalue weighted by Crippen LogP contribution is -2.60. The molecule has 5 aliphatic rings. The molecule has 0 aromatic heterocycles. The molecule has 226 valence electrons. The third kappa shape index (κ3) is 4.95. The van der Waals surface area contributed by atoms with E-state index >= 15 is 0 Å². The number of halogens is 6. The zero-order valence-electron chi connectivity index (χ0n) is 22.6. The van der Waals surface area contributed by atoms with Crippen molar-refractivity contribution in [3.63, 3.8) is 0 Å². The number of rotatable bonds is 4. The van der Waals surface area contributed by atoms with Crippen molar-refractivity contribution in [2.24, 2.45) is 21.3 Å². The van der Waals surface area contributed by atoms with Gasteiger partial charge in [0.05, 0.1) is 11.3 Å². The highest BCUT2D eigenvalue weighted by molar-refractivity contribution is 6.12. The summed E-state index contributed by atoms with van der Waals surface area (Å²) >= 11 is 0. The van der Waals surface area contributed by atoms with Crippen molar-refractivity contribution in [1.82, 2.24) is 15.5 Å². The number of dihydropyridines is 2. The molecule has 4 heterocycles. The molecule has 4 aliphatic heterocycles. The first-order valence-electron chi connectivity index (χ1n) is 13.6. The summed E-state index contributed by atoms with van der Waals surface area (Å²) in [6.45, 7) is -0.452. The fourth-order valence-electron chi connectivity index (χ4n) is 6.75. The molecular formula is C29H25F6N5O3. The largest absolute Gasteiger partial charge is 0.406 e. The third-order valence-corrected chi connectivity index (χ3v) is 8.85. The molecule has 8 nitrogen and oxygen atoms in total. The molecule has 5 atom stereocenters. The standard InChI is InChI=1S/C29H25F6N5O3/c1-13-17(18-6-16(30)7-20(31)23(18)32)8-21(26(42)40(13)12-29(33,34)35)38-25(41)15-5-14-9-28(10-22(14)37-11-15)19-3-2-4-36-24(19)39-27(28)43/h2-7,13,17,19,21,37H,8-12H2,1H3,(H,38,41)/t13-,17-,19?,21+,28?/m1/s1. The molecule has 1 aliphatic carbocycles. The van der Waals surface area contributed by atoms with Crippen LogP contribution in [0.15, 0.2) is 57.2 Å². The number of likely N-dealkylation sites (tertiary alicyclic amines) is 1. The maximum atomic E-state index is 14.7. The maximum Gasteiger partial charge on any atom is 0.406 e. The van der Waals surface area contributed by atoms with Gasteiger partial charge in [0.1, 0.15) is 24.2 Å². The first-order valence-corrected chi connectivity index (χ1v) is 13.6. The summed E-state index contributed by atoms with van der Waals surface area (Å²) in [5.41, 5.74) is 0.188. The molecule has 14 heteroatoms. The van der Waals surface area contributed by atoms with Gasteiger partial charge in [0.15, 0.2) is 11.6 Å². The predicted octanol–water partition coefficient (Wildman–Crippen LogP) is 3.61. The molecule has 0 bridgehead atoms. The SMILES string of the molecule is C[C@@H]1[C@H](c2cc(F)cc(F)c2F)C[C@H](NC(=O)C2=CC3=C(CC4(C3)C(=O)N=C3N=CC=CC34)NC2)C(=O)N1CC(F)(F)F. The number of hydrogen-bond donors (Lipinski definition) is 2. The molecule has 1 aromatic carbocycles. The van der Waals surface area contributed by atoms with Crippen LogP contribution in [0.3, 0.4) is 0 Å². The predicted molar refractivity (Wildman–Crippen MR) is 141 cm³/mol. The van der Waals surface area contributed by atoms with Crippen LogP contribution in [0.5, 0.6) is 0 Å². The van der Waals surface area contributed by atoms with E-state index in [0.717, 1.165) is 5.70 Å². The number of nitrogens with one attached hydrogen (secondary N) is 2. The molecule has 1 aromatic rings. The van der Waals surface area contributed by atoms with Crippen molar-refractivity contribution >= 4 is 29.8 Å². The topological polar surface area (TPSA) is 103 Å². The molecule has 0 radical (unpaired) electrons. The highest BCUT2D eigenvalue weighted by Crippen LogP contribution is 2.53. The van der Waals surface area contributed by atoms with Crippen LogP contribution in [0.1, 0.15) is 37.7 Å². The van der Waals surface area contributed by atoms with E-state index in [-0.39, 0.29) is 36.8 Å². The van der Waals surface area contributed by atoms with Crippen molar-refractivity contribution in [3.05, 3.63) is 70.2 Å². The molecule has 1 fully saturated rings. The lowest BCUT2D eigenvalue weighted by molar-refractivity contribution is -0.171. The van der Waals surface area contributed by atoms with Crippen LogP contribution in [-0.4, -0.2) is 66.0 Å². The van der Waals surface area contributed by atoms with Crippen molar-refractivity contribution in [1.29, 1.82) is 0 Å². The fraction of sp³-hybridized carbons (Fsp3) is 0.414. The zero-order chi connectivity index (χ0) is 30.8. The number of fused-ring (bicyclic) bond motifs is 2. The Morgan fingerprint density at radius 1 is 1.19 bits per heavy atom. The Labute approximate surface area is 241 Å². The number of piperidine rings is 1. The molecule has 1 spiro atoms. The van der Waals surface area contributed by atoms with Gasteiger partial charge in [-0.1, -0.05) is 6.08 Å². The van der Waals surface area contributed by atoms with Gasteiger partial charge in [-0.3, -0.25) is 14.4 Å². The second-order valence-corrected chi connectivity index (χ2v) is 11.4. The number of allylic oxidation sites excluding steroid dienone is 4. The molecule has 3 amide bonds. The van der Waals surface area contributed by atoms with Crippen molar-refractivity contribution in [3.8, 4) is 0 Å². The van der Waals surface area contributed by atoms with E-state index < -0.39 is 71.0 Å². The molecule has 2 N–H and O–H groups in total. The van der Waals surface area contributed by atoms with Crippen molar-refractivity contribution in [2.45, 2.75) is 50.4 Å². The van der Waals surface area contributed by atoms with Crippen LogP contribution in [0.25, 0.3) is 0 Å². The second kappa shape index (κ2) is 10.2. The van der Waals surface area contributed by atoms with Crippen LogP contribution in [0.4, 0.5) is 26.3 Å². The first kappa shape index (κ1) is 28.9. The molecular weight excluding hydrogens is 580 g/mol. The number of benzene rings is 1. The fourth-order valence-corrected chi connectivity index (χ4v) is 6.75. The van der Waals surface area contributed by atoms with Crippen molar-refractivity contribution in [2.75, 3.05) is 13.1 Å². The molecule has 0 saturated carbocycles. The smallest absolute Gasteiger partial charge is 0.384 e. The van der Waals surface area contributed by atoms with Gasteiger partial charge in [-0.2, -0.15) is 18.2 Å². The molecule has 2 unspecified atom stereocenters. The van der Waals surface area contributed by atoms with E-state index in [1.165, 1.54) is 6.92 Å². The Bertz CT molecular complexity index is 1590. The van der Waals surface area contributed by atoms with Crippen molar-refractivity contribution < 1.29 is 40.7 Å². The number of amides is 3. The number of carbonyl (C=O) groups excluding carboxylic acids is 3. The summed E-state index contributed by atoms with van der Waals surface area (Å²) in [6.07, 6.45) is 2.14. The lowest BCUT2D eigenvalue weighted by atomic mass is 9.72. The lowest BCUT2D eigenvalue weighted by Gasteiger charge is -2.43. The maximum absolute atomic E-state index is 14.7. The zero-order valence-corrected chi connectivity index (χ0v) is 22.6. The van der Waals surface area contributed by atoms with Crippen LogP contribution >= 0.6 is 0 Å². The van der Waals surface area contributed by atoms with Gasteiger partial charge >= 0.3 is 6.18 Å².